The Hall–Kier alpha value is -0.0800. The summed E-state index contributed by atoms with van der Waals surface area (Å²) in [5.74, 6) is 1.98. The van der Waals surface area contributed by atoms with Crippen molar-refractivity contribution in [3.63, 3.8) is 0 Å². The van der Waals surface area contributed by atoms with E-state index in [1.54, 1.807) is 0 Å². The van der Waals surface area contributed by atoms with Gasteiger partial charge in [-0.2, -0.15) is 0 Å². The molecule has 0 bridgehead atoms. The molecule has 4 unspecified atom stereocenters. The first-order valence-corrected chi connectivity index (χ1v) is 9.84. The highest BCUT2D eigenvalue weighted by Crippen LogP contribution is 2.32. The average molecular weight is 293 g/mol. The van der Waals surface area contributed by atoms with Gasteiger partial charge < -0.3 is 10.2 Å². The van der Waals surface area contributed by atoms with E-state index in [0.29, 0.717) is 0 Å². The van der Waals surface area contributed by atoms with Crippen LogP contribution in [-0.4, -0.2) is 36.6 Å². The molecule has 2 saturated heterocycles. The quantitative estimate of drug-likeness (QED) is 0.781. The van der Waals surface area contributed by atoms with Crippen LogP contribution >= 0.6 is 0 Å². The zero-order chi connectivity index (χ0) is 14.5. The van der Waals surface area contributed by atoms with Crippen LogP contribution in [0.4, 0.5) is 0 Å². The van der Waals surface area contributed by atoms with Gasteiger partial charge in [0, 0.05) is 18.6 Å². The van der Waals surface area contributed by atoms with Crippen LogP contribution in [-0.2, 0) is 0 Å². The van der Waals surface area contributed by atoms with E-state index >= 15 is 0 Å². The first-order valence-electron chi connectivity index (χ1n) is 9.84. The smallest absolute Gasteiger partial charge is 0.0108 e. The van der Waals surface area contributed by atoms with Gasteiger partial charge >= 0.3 is 0 Å². The van der Waals surface area contributed by atoms with Crippen molar-refractivity contribution in [1.29, 1.82) is 0 Å². The lowest BCUT2D eigenvalue weighted by molar-refractivity contribution is 0.0977. The molecule has 0 aromatic rings. The minimum absolute atomic E-state index is 0.839. The maximum absolute atomic E-state index is 3.76. The monoisotopic (exact) mass is 292 g/mol. The second-order valence-corrected chi connectivity index (χ2v) is 7.92. The number of nitrogens with one attached hydrogen (secondary N) is 1. The predicted octanol–water partition coefficient (Wildman–Crippen LogP) is 4.20. The molecule has 1 N–H and O–H groups in total. The molecular formula is C19H36N2. The second kappa shape index (κ2) is 7.97. The molecule has 122 valence electrons. The van der Waals surface area contributed by atoms with Gasteiger partial charge in [-0.15, -0.1) is 0 Å². The van der Waals surface area contributed by atoms with Crippen molar-refractivity contribution < 1.29 is 0 Å². The molecule has 2 heteroatoms. The molecular weight excluding hydrogens is 256 g/mol. The Morgan fingerprint density at radius 1 is 0.952 bits per heavy atom. The van der Waals surface area contributed by atoms with Crippen LogP contribution in [0.3, 0.4) is 0 Å². The van der Waals surface area contributed by atoms with Crippen molar-refractivity contribution >= 4 is 0 Å². The summed E-state index contributed by atoms with van der Waals surface area (Å²) in [6.07, 6.45) is 16.1. The minimum Gasteiger partial charge on any atom is -0.314 e. The number of nitrogens with zero attached hydrogens (tertiary/aromatic N) is 1. The zero-order valence-corrected chi connectivity index (χ0v) is 14.2. The summed E-state index contributed by atoms with van der Waals surface area (Å²) in [5.41, 5.74) is 0. The lowest BCUT2D eigenvalue weighted by atomic mass is 9.88. The SMILES string of the molecule is CCCC1CCCC(N2CCCC(C3CCCN3)C2)CC1. The highest BCUT2D eigenvalue weighted by molar-refractivity contribution is 4.89. The third-order valence-corrected chi connectivity index (χ3v) is 6.43. The van der Waals surface area contributed by atoms with Gasteiger partial charge in [-0.05, 0) is 69.9 Å². The van der Waals surface area contributed by atoms with Crippen LogP contribution in [0.2, 0.25) is 0 Å². The molecule has 3 fully saturated rings. The Bertz CT molecular complexity index is 298. The largest absolute Gasteiger partial charge is 0.314 e. The standard InChI is InChI=1S/C19H36N2/c1-2-6-16-7-3-9-18(12-11-16)21-14-5-8-17(15-21)19-10-4-13-20-19/h16-20H,2-15H2,1H3. The van der Waals surface area contributed by atoms with Gasteiger partial charge in [0.1, 0.15) is 0 Å². The summed E-state index contributed by atoms with van der Waals surface area (Å²) in [4.78, 5) is 2.89. The number of hydrogen-bond acceptors (Lipinski definition) is 2. The Balaban J connectivity index is 1.51. The van der Waals surface area contributed by atoms with E-state index in [4.69, 9.17) is 0 Å². The molecule has 0 spiro atoms. The average Bonchev–Trinajstić information content (AvgIpc) is 2.95. The van der Waals surface area contributed by atoms with E-state index in [-0.39, 0.29) is 0 Å². The van der Waals surface area contributed by atoms with Crippen molar-refractivity contribution in [2.24, 2.45) is 11.8 Å². The normalized spacial score (nSPS) is 39.3. The summed E-state index contributed by atoms with van der Waals surface area (Å²) in [7, 11) is 0. The van der Waals surface area contributed by atoms with Gasteiger partial charge in [-0.25, -0.2) is 0 Å². The lowest BCUT2D eigenvalue weighted by Crippen LogP contribution is -2.47. The molecule has 3 rings (SSSR count). The molecule has 0 radical (unpaired) electrons. The Morgan fingerprint density at radius 2 is 1.90 bits per heavy atom. The highest BCUT2D eigenvalue weighted by Gasteiger charge is 2.32. The van der Waals surface area contributed by atoms with E-state index in [2.05, 4.69) is 17.1 Å². The van der Waals surface area contributed by atoms with Gasteiger partial charge in [0.15, 0.2) is 0 Å². The van der Waals surface area contributed by atoms with Gasteiger partial charge in [-0.3, -0.25) is 0 Å². The third-order valence-electron chi connectivity index (χ3n) is 6.43. The molecule has 0 amide bonds. The number of rotatable bonds is 4. The fourth-order valence-electron chi connectivity index (χ4n) is 5.24. The van der Waals surface area contributed by atoms with Gasteiger partial charge in [0.05, 0.1) is 0 Å². The van der Waals surface area contributed by atoms with E-state index in [9.17, 15) is 0 Å². The Labute approximate surface area is 132 Å². The van der Waals surface area contributed by atoms with Crippen LogP contribution in [0, 0.1) is 11.8 Å². The maximum atomic E-state index is 3.76. The number of likely N-dealkylation sites (tertiary alicyclic amines) is 1. The fourth-order valence-corrected chi connectivity index (χ4v) is 5.24. The summed E-state index contributed by atoms with van der Waals surface area (Å²) in [6, 6.07) is 1.75. The fraction of sp³-hybridized carbons (Fsp3) is 1.00. The molecule has 0 aromatic carbocycles. The molecule has 0 aromatic heterocycles. The molecule has 3 aliphatic rings. The first kappa shape index (κ1) is 15.8. The lowest BCUT2D eigenvalue weighted by Gasteiger charge is -2.40. The van der Waals surface area contributed by atoms with Crippen LogP contribution in [0.25, 0.3) is 0 Å². The van der Waals surface area contributed by atoms with Crippen molar-refractivity contribution in [3.8, 4) is 0 Å². The minimum atomic E-state index is 0.839. The van der Waals surface area contributed by atoms with Crippen molar-refractivity contribution in [2.75, 3.05) is 19.6 Å². The topological polar surface area (TPSA) is 15.3 Å². The first-order chi connectivity index (χ1) is 10.4. The summed E-state index contributed by atoms with van der Waals surface area (Å²) >= 11 is 0. The van der Waals surface area contributed by atoms with E-state index in [1.165, 1.54) is 90.3 Å². The van der Waals surface area contributed by atoms with Crippen molar-refractivity contribution in [3.05, 3.63) is 0 Å². The molecule has 4 atom stereocenters. The molecule has 1 aliphatic carbocycles. The third kappa shape index (κ3) is 4.22. The summed E-state index contributed by atoms with van der Waals surface area (Å²) < 4.78 is 0. The molecule has 2 nitrogen and oxygen atoms in total. The molecule has 1 saturated carbocycles. The van der Waals surface area contributed by atoms with Crippen LogP contribution in [0.15, 0.2) is 0 Å². The van der Waals surface area contributed by atoms with Gasteiger partial charge in [0.25, 0.3) is 0 Å². The Kier molecular flexibility index (Phi) is 5.99. The van der Waals surface area contributed by atoms with Crippen molar-refractivity contribution in [1.82, 2.24) is 10.2 Å². The second-order valence-electron chi connectivity index (χ2n) is 7.92. The molecule has 2 aliphatic heterocycles. The predicted molar refractivity (Wildman–Crippen MR) is 90.6 cm³/mol. The number of piperidine rings is 1. The Morgan fingerprint density at radius 3 is 2.71 bits per heavy atom. The zero-order valence-electron chi connectivity index (χ0n) is 14.2. The molecule has 21 heavy (non-hydrogen) atoms. The van der Waals surface area contributed by atoms with Gasteiger partial charge in [0.2, 0.25) is 0 Å². The van der Waals surface area contributed by atoms with Gasteiger partial charge in [-0.1, -0.05) is 32.6 Å². The van der Waals surface area contributed by atoms with Crippen LogP contribution < -0.4 is 5.32 Å². The van der Waals surface area contributed by atoms with Crippen molar-refractivity contribution in [2.45, 2.75) is 89.6 Å². The van der Waals surface area contributed by atoms with E-state index in [0.717, 1.165) is 23.9 Å². The highest BCUT2D eigenvalue weighted by atomic mass is 15.2. The number of hydrogen-bond donors (Lipinski definition) is 1. The summed E-state index contributed by atoms with van der Waals surface area (Å²) in [6.45, 7) is 6.39. The van der Waals surface area contributed by atoms with E-state index in [1.807, 2.05) is 0 Å². The molecule has 2 heterocycles. The van der Waals surface area contributed by atoms with E-state index < -0.39 is 0 Å². The maximum Gasteiger partial charge on any atom is 0.0108 e. The van der Waals surface area contributed by atoms with Crippen LogP contribution in [0.5, 0.6) is 0 Å². The van der Waals surface area contributed by atoms with Crippen LogP contribution in [0.1, 0.15) is 77.6 Å². The summed E-state index contributed by atoms with van der Waals surface area (Å²) in [5, 5.41) is 3.76.